The van der Waals surface area contributed by atoms with Crippen molar-refractivity contribution < 1.29 is 0 Å². The van der Waals surface area contributed by atoms with E-state index in [1.807, 2.05) is 22.7 Å². The molecule has 0 radical (unpaired) electrons. The van der Waals surface area contributed by atoms with Gasteiger partial charge in [0, 0.05) is 66.0 Å². The SMILES string of the molecule is CC1CCN(CC2=CC=CC2c2c3nc(c(-c4ccccc4)c4ccc(s4)c(-c4ccccc4)c4nc(c(C5C=CC=C5CN5CCC(C)CC5)c5ccc2s5)C=C4)C=C3)CC1. The smallest absolute Gasteiger partial charge is 0.0730 e. The van der Waals surface area contributed by atoms with Gasteiger partial charge in [-0.25, -0.2) is 9.97 Å². The van der Waals surface area contributed by atoms with Gasteiger partial charge in [0.05, 0.1) is 22.8 Å². The molecule has 2 saturated heterocycles. The Balaban J connectivity index is 1.17. The van der Waals surface area contributed by atoms with Crippen molar-refractivity contribution in [1.29, 1.82) is 0 Å². The van der Waals surface area contributed by atoms with E-state index < -0.39 is 0 Å². The first-order valence-corrected chi connectivity index (χ1v) is 24.4. The van der Waals surface area contributed by atoms with Crippen LogP contribution in [0.5, 0.6) is 0 Å². The monoisotopic (exact) mass is 846 g/mol. The predicted octanol–water partition coefficient (Wildman–Crippen LogP) is 14.1. The number of fused-ring (bicyclic) bond motifs is 8. The highest BCUT2D eigenvalue weighted by Crippen LogP contribution is 2.45. The Bertz CT molecular complexity index is 2660. The number of benzene rings is 2. The normalized spacial score (nSPS) is 20.7. The van der Waals surface area contributed by atoms with Crippen LogP contribution in [-0.4, -0.2) is 59.0 Å². The maximum atomic E-state index is 5.66. The number of allylic oxidation sites excluding steroid dienone is 6. The maximum Gasteiger partial charge on any atom is 0.0730 e. The first kappa shape index (κ1) is 39.6. The van der Waals surface area contributed by atoms with Crippen LogP contribution in [0.25, 0.3) is 65.4 Å². The zero-order chi connectivity index (χ0) is 41.6. The van der Waals surface area contributed by atoms with Gasteiger partial charge in [-0.05, 0) is 135 Å². The summed E-state index contributed by atoms with van der Waals surface area (Å²) in [6.07, 6.45) is 28.4. The number of hydrogen-bond acceptors (Lipinski definition) is 6. The molecule has 3 aromatic heterocycles. The van der Waals surface area contributed by atoms with Gasteiger partial charge in [0.15, 0.2) is 0 Å². The van der Waals surface area contributed by atoms with Gasteiger partial charge in [-0.3, -0.25) is 9.80 Å². The molecular weight excluding hydrogens is 793 g/mol. The predicted molar refractivity (Wildman–Crippen MR) is 266 cm³/mol. The Morgan fingerprint density at radius 3 is 1.31 bits per heavy atom. The Hall–Kier alpha value is -5.24. The fourth-order valence-corrected chi connectivity index (χ4v) is 12.7. The quantitative estimate of drug-likeness (QED) is 0.153. The minimum absolute atomic E-state index is 0.148. The summed E-state index contributed by atoms with van der Waals surface area (Å²) in [5.74, 6) is 1.91. The minimum Gasteiger partial charge on any atom is -0.299 e. The number of likely N-dealkylation sites (tertiary alicyclic amines) is 2. The van der Waals surface area contributed by atoms with Crippen LogP contribution in [0.3, 0.4) is 0 Å². The van der Waals surface area contributed by atoms with Gasteiger partial charge in [-0.1, -0.05) is 111 Å². The molecule has 2 fully saturated rings. The van der Waals surface area contributed by atoms with Crippen molar-refractivity contribution in [3.05, 3.63) is 166 Å². The molecule has 2 unspecified atom stereocenters. The Morgan fingerprint density at radius 2 is 0.871 bits per heavy atom. The molecule has 2 aromatic carbocycles. The van der Waals surface area contributed by atoms with Crippen LogP contribution in [0.15, 0.2) is 133 Å². The van der Waals surface area contributed by atoms with Crippen molar-refractivity contribution in [2.45, 2.75) is 51.4 Å². The molecule has 62 heavy (non-hydrogen) atoms. The number of piperidine rings is 2. The van der Waals surface area contributed by atoms with Gasteiger partial charge in [0.2, 0.25) is 0 Å². The lowest BCUT2D eigenvalue weighted by Gasteiger charge is -2.32. The van der Waals surface area contributed by atoms with Crippen LogP contribution in [0, 0.1) is 11.8 Å². The van der Waals surface area contributed by atoms with E-state index in [9.17, 15) is 0 Å². The molecule has 2 atom stereocenters. The maximum absolute atomic E-state index is 5.66. The van der Waals surface area contributed by atoms with Crippen molar-refractivity contribution in [2.75, 3.05) is 39.3 Å². The molecule has 8 bridgehead atoms. The molecule has 6 aliphatic rings. The number of aromatic nitrogens is 2. The molecule has 5 aromatic rings. The molecule has 7 heterocycles. The van der Waals surface area contributed by atoms with E-state index >= 15 is 0 Å². The number of hydrogen-bond donors (Lipinski definition) is 0. The van der Waals surface area contributed by atoms with Crippen molar-refractivity contribution in [3.63, 3.8) is 0 Å². The molecule has 0 spiro atoms. The second-order valence-electron chi connectivity index (χ2n) is 18.2. The van der Waals surface area contributed by atoms with E-state index in [1.165, 1.54) is 89.0 Å². The Kier molecular flexibility index (Phi) is 10.9. The lowest BCUT2D eigenvalue weighted by atomic mass is 9.91. The zero-order valence-electron chi connectivity index (χ0n) is 35.8. The molecule has 0 amide bonds. The zero-order valence-corrected chi connectivity index (χ0v) is 37.5. The van der Waals surface area contributed by atoms with E-state index in [0.29, 0.717) is 0 Å². The average molecular weight is 847 g/mol. The van der Waals surface area contributed by atoms with Crippen molar-refractivity contribution >= 4 is 65.8 Å². The summed E-state index contributed by atoms with van der Waals surface area (Å²) in [7, 11) is 0. The topological polar surface area (TPSA) is 32.3 Å². The molecular formula is C56H54N4S2. The molecule has 0 N–H and O–H groups in total. The first-order chi connectivity index (χ1) is 30.5. The minimum atomic E-state index is 0.148. The van der Waals surface area contributed by atoms with Crippen LogP contribution in [0.1, 0.15) is 85.3 Å². The van der Waals surface area contributed by atoms with Gasteiger partial charge >= 0.3 is 0 Å². The first-order valence-electron chi connectivity index (χ1n) is 22.8. The summed E-state index contributed by atoms with van der Waals surface area (Å²) in [4.78, 5) is 16.7. The van der Waals surface area contributed by atoms with E-state index in [-0.39, 0.29) is 11.8 Å². The summed E-state index contributed by atoms with van der Waals surface area (Å²) in [6.45, 7) is 11.5. The standard InChI is InChI=1S/C56H54N4S2/c1-37-27-31-59(32-28-37)35-41-15-9-17-43(41)55-47-21-19-45(57-47)53(39-11-5-3-6-12-39)49-23-24-50(61-49)54(40-13-7-4-8-14-40)46-20-22-48(58-46)56(52-26-25-51(55)62-52)44-18-10-16-42(44)36-60-33-29-38(2)30-34-60/h3-26,37-38,43-44H,27-36H2,1-2H3. The van der Waals surface area contributed by atoms with Crippen LogP contribution in [-0.2, 0) is 0 Å². The van der Waals surface area contributed by atoms with Crippen molar-refractivity contribution in [2.24, 2.45) is 11.8 Å². The van der Waals surface area contributed by atoms with Crippen LogP contribution >= 0.6 is 22.7 Å². The third-order valence-corrected chi connectivity index (χ3v) is 16.2. The summed E-state index contributed by atoms with van der Waals surface area (Å²) >= 11 is 3.77. The highest BCUT2D eigenvalue weighted by atomic mass is 32.1. The number of rotatable bonds is 8. The van der Waals surface area contributed by atoms with Gasteiger partial charge in [-0.2, -0.15) is 0 Å². The Labute approximate surface area is 374 Å². The fraction of sp³-hybridized carbons (Fsp3) is 0.286. The van der Waals surface area contributed by atoms with E-state index in [4.69, 9.17) is 9.97 Å². The summed E-state index contributed by atoms with van der Waals surface area (Å²) in [5.41, 5.74) is 14.4. The largest absolute Gasteiger partial charge is 0.299 e. The molecule has 2 aliphatic carbocycles. The van der Waals surface area contributed by atoms with Crippen LogP contribution in [0.2, 0.25) is 0 Å². The third kappa shape index (κ3) is 7.77. The average Bonchev–Trinajstić information content (AvgIpc) is 4.17. The van der Waals surface area contributed by atoms with Gasteiger partial charge in [0.25, 0.3) is 0 Å². The lowest BCUT2D eigenvalue weighted by Crippen LogP contribution is -2.34. The number of thiophene rings is 2. The van der Waals surface area contributed by atoms with Gasteiger partial charge in [-0.15, -0.1) is 22.7 Å². The highest BCUT2D eigenvalue weighted by molar-refractivity contribution is 7.24. The molecule has 0 saturated carbocycles. The third-order valence-electron chi connectivity index (χ3n) is 13.9. The Morgan fingerprint density at radius 1 is 0.484 bits per heavy atom. The van der Waals surface area contributed by atoms with Gasteiger partial charge < -0.3 is 0 Å². The number of nitrogens with zero attached hydrogens (tertiary/aromatic N) is 4. The second kappa shape index (κ2) is 17.1. The molecule has 6 heteroatoms. The molecule has 310 valence electrons. The molecule has 4 nitrogen and oxygen atoms in total. The summed E-state index contributed by atoms with van der Waals surface area (Å²) < 4.78 is 4.97. The fourth-order valence-electron chi connectivity index (χ4n) is 10.3. The van der Waals surface area contributed by atoms with Crippen LogP contribution < -0.4 is 0 Å². The van der Waals surface area contributed by atoms with Crippen molar-refractivity contribution in [1.82, 2.24) is 19.8 Å². The van der Waals surface area contributed by atoms with E-state index in [1.54, 1.807) is 0 Å². The van der Waals surface area contributed by atoms with E-state index in [0.717, 1.165) is 73.9 Å². The highest BCUT2D eigenvalue weighted by Gasteiger charge is 2.29. The van der Waals surface area contributed by atoms with Crippen molar-refractivity contribution in [3.8, 4) is 22.3 Å². The van der Waals surface area contributed by atoms with E-state index in [2.05, 4.69) is 169 Å². The lowest BCUT2D eigenvalue weighted by molar-refractivity contribution is 0.205. The second-order valence-corrected chi connectivity index (χ2v) is 20.4. The van der Waals surface area contributed by atoms with Gasteiger partial charge in [0.1, 0.15) is 0 Å². The summed E-state index contributed by atoms with van der Waals surface area (Å²) in [5, 5.41) is 0. The molecule has 11 rings (SSSR count). The summed E-state index contributed by atoms with van der Waals surface area (Å²) in [6, 6.07) is 31.1. The molecule has 4 aliphatic heterocycles. The van der Waals surface area contributed by atoms with Crippen LogP contribution in [0.4, 0.5) is 0 Å².